The monoisotopic (exact) mass is 444 g/mol. The van der Waals surface area contributed by atoms with E-state index in [0.717, 1.165) is 37.3 Å². The molecule has 1 atom stereocenters. The third-order valence-corrected chi connectivity index (χ3v) is 6.05. The first-order chi connectivity index (χ1) is 14.4. The Labute approximate surface area is 187 Å². The highest BCUT2D eigenvalue weighted by Crippen LogP contribution is 2.43. The minimum absolute atomic E-state index is 0.0107. The molecule has 1 aliphatic carbocycles. The SMILES string of the molecule is CC(C)(C)OC(=O)NC1(c2cccc(C#C[Si](C)(C)C)n2)CC(OC2CCCCO2)C1. The van der Waals surface area contributed by atoms with Crippen molar-refractivity contribution in [1.29, 1.82) is 0 Å². The molecule has 0 aromatic carbocycles. The summed E-state index contributed by atoms with van der Waals surface area (Å²) in [5, 5.41) is 3.09. The molecule has 0 spiro atoms. The molecule has 2 fully saturated rings. The number of carbonyl (C=O) groups excluding carboxylic acids is 1. The summed E-state index contributed by atoms with van der Waals surface area (Å²) in [6.45, 7) is 12.9. The molecule has 0 radical (unpaired) electrons. The molecule has 7 heteroatoms. The summed E-state index contributed by atoms with van der Waals surface area (Å²) in [5.41, 5.74) is 3.69. The fourth-order valence-electron chi connectivity index (χ4n) is 3.74. The number of ether oxygens (including phenoxy) is 3. The topological polar surface area (TPSA) is 69.7 Å². The average Bonchev–Trinajstić information content (AvgIpc) is 2.63. The molecule has 1 N–H and O–H groups in total. The van der Waals surface area contributed by atoms with E-state index in [9.17, 15) is 4.79 Å². The molecule has 0 bridgehead atoms. The van der Waals surface area contributed by atoms with Gasteiger partial charge in [0, 0.05) is 19.4 Å². The fraction of sp³-hybridized carbons (Fsp3) is 0.667. The van der Waals surface area contributed by atoms with Crippen molar-refractivity contribution >= 4 is 14.2 Å². The first-order valence-electron chi connectivity index (χ1n) is 11.2. The van der Waals surface area contributed by atoms with Crippen molar-refractivity contribution in [3.63, 3.8) is 0 Å². The molecule has 1 aromatic rings. The Hall–Kier alpha value is -1.88. The van der Waals surface area contributed by atoms with E-state index in [1.54, 1.807) is 0 Å². The first kappa shape index (κ1) is 23.8. The molecule has 1 aromatic heterocycles. The molecular formula is C24H36N2O4Si. The molecular weight excluding hydrogens is 408 g/mol. The van der Waals surface area contributed by atoms with Crippen LogP contribution in [-0.4, -0.2) is 43.8 Å². The van der Waals surface area contributed by atoms with Crippen LogP contribution in [0.5, 0.6) is 0 Å². The predicted molar refractivity (Wildman–Crippen MR) is 123 cm³/mol. The lowest BCUT2D eigenvalue weighted by Gasteiger charge is -2.48. The maximum absolute atomic E-state index is 12.6. The number of rotatable bonds is 4. The minimum atomic E-state index is -1.51. The zero-order chi connectivity index (χ0) is 22.7. The summed E-state index contributed by atoms with van der Waals surface area (Å²) in [4.78, 5) is 17.4. The molecule has 1 saturated carbocycles. The van der Waals surface area contributed by atoms with Crippen LogP contribution in [0.25, 0.3) is 0 Å². The Balaban J connectivity index is 1.78. The van der Waals surface area contributed by atoms with Crippen molar-refractivity contribution in [1.82, 2.24) is 10.3 Å². The number of aromatic nitrogens is 1. The molecule has 2 heterocycles. The normalized spacial score (nSPS) is 26.3. The average molecular weight is 445 g/mol. The molecule has 1 unspecified atom stereocenters. The van der Waals surface area contributed by atoms with Gasteiger partial charge < -0.3 is 19.5 Å². The quantitative estimate of drug-likeness (QED) is 0.537. The Morgan fingerprint density at radius 1 is 1.26 bits per heavy atom. The van der Waals surface area contributed by atoms with Crippen LogP contribution in [0.4, 0.5) is 4.79 Å². The number of alkyl carbamates (subject to hydrolysis) is 1. The van der Waals surface area contributed by atoms with Crippen molar-refractivity contribution < 1.29 is 19.0 Å². The molecule has 1 saturated heterocycles. The van der Waals surface area contributed by atoms with Gasteiger partial charge in [-0.2, -0.15) is 0 Å². The van der Waals surface area contributed by atoms with Crippen molar-refractivity contribution in [3.8, 4) is 11.5 Å². The largest absolute Gasteiger partial charge is 0.444 e. The standard InChI is InChI=1S/C24H36N2O4Si/c1-23(2,3)30-22(27)26-24(16-19(17-24)29-21-12-7-8-14-28-21)20-11-9-10-18(25-20)13-15-31(4,5)6/h9-11,19,21H,7-8,12,14,16-17H2,1-6H3,(H,26,27). The molecule has 170 valence electrons. The van der Waals surface area contributed by atoms with E-state index in [1.165, 1.54) is 0 Å². The number of pyridine rings is 1. The molecule has 3 rings (SSSR count). The fourth-order valence-corrected chi connectivity index (χ4v) is 4.25. The van der Waals surface area contributed by atoms with E-state index in [0.29, 0.717) is 12.8 Å². The molecule has 2 aliphatic rings. The lowest BCUT2D eigenvalue weighted by atomic mass is 9.71. The lowest BCUT2D eigenvalue weighted by molar-refractivity contribution is -0.216. The molecule has 6 nitrogen and oxygen atoms in total. The Kier molecular flexibility index (Phi) is 7.14. The zero-order valence-electron chi connectivity index (χ0n) is 19.7. The Morgan fingerprint density at radius 2 is 2.00 bits per heavy atom. The number of nitrogens with one attached hydrogen (secondary N) is 1. The molecule has 1 aliphatic heterocycles. The Bertz CT molecular complexity index is 836. The van der Waals surface area contributed by atoms with Gasteiger partial charge in [0.15, 0.2) is 6.29 Å². The van der Waals surface area contributed by atoms with Crippen LogP contribution in [0.1, 0.15) is 64.3 Å². The first-order valence-corrected chi connectivity index (χ1v) is 14.7. The van der Waals surface area contributed by atoms with Crippen LogP contribution in [0.3, 0.4) is 0 Å². The number of amides is 1. The number of hydrogen-bond acceptors (Lipinski definition) is 5. The van der Waals surface area contributed by atoms with E-state index < -0.39 is 25.3 Å². The maximum Gasteiger partial charge on any atom is 0.408 e. The summed E-state index contributed by atoms with van der Waals surface area (Å²) in [6, 6.07) is 5.82. The van der Waals surface area contributed by atoms with Gasteiger partial charge in [-0.1, -0.05) is 31.6 Å². The number of hydrogen-bond donors (Lipinski definition) is 1. The van der Waals surface area contributed by atoms with Crippen molar-refractivity contribution in [2.45, 2.75) is 96.1 Å². The maximum atomic E-state index is 12.6. The van der Waals surface area contributed by atoms with Gasteiger partial charge in [-0.15, -0.1) is 5.54 Å². The molecule has 1 amide bonds. The smallest absolute Gasteiger partial charge is 0.408 e. The second-order valence-electron chi connectivity index (χ2n) is 10.6. The molecule has 31 heavy (non-hydrogen) atoms. The van der Waals surface area contributed by atoms with Crippen molar-refractivity contribution in [3.05, 3.63) is 29.6 Å². The number of carbonyl (C=O) groups is 1. The van der Waals surface area contributed by atoms with Gasteiger partial charge >= 0.3 is 6.09 Å². The van der Waals surface area contributed by atoms with Gasteiger partial charge in [-0.3, -0.25) is 0 Å². The lowest BCUT2D eigenvalue weighted by Crippen LogP contribution is -2.59. The van der Waals surface area contributed by atoms with Gasteiger partial charge in [0.25, 0.3) is 0 Å². The van der Waals surface area contributed by atoms with Crippen LogP contribution in [-0.2, 0) is 19.7 Å². The van der Waals surface area contributed by atoms with Crippen LogP contribution in [0, 0.1) is 11.5 Å². The van der Waals surface area contributed by atoms with Crippen LogP contribution >= 0.6 is 0 Å². The van der Waals surface area contributed by atoms with E-state index >= 15 is 0 Å². The van der Waals surface area contributed by atoms with E-state index in [1.807, 2.05) is 39.0 Å². The van der Waals surface area contributed by atoms with Crippen molar-refractivity contribution in [2.24, 2.45) is 0 Å². The van der Waals surface area contributed by atoms with Gasteiger partial charge in [0.1, 0.15) is 19.4 Å². The van der Waals surface area contributed by atoms with Crippen molar-refractivity contribution in [2.75, 3.05) is 6.61 Å². The van der Waals surface area contributed by atoms with Gasteiger partial charge in [0.2, 0.25) is 0 Å². The number of nitrogens with zero attached hydrogens (tertiary/aromatic N) is 1. The minimum Gasteiger partial charge on any atom is -0.444 e. The van der Waals surface area contributed by atoms with Crippen LogP contribution < -0.4 is 5.32 Å². The second-order valence-corrected chi connectivity index (χ2v) is 15.3. The highest BCUT2D eigenvalue weighted by molar-refractivity contribution is 6.83. The van der Waals surface area contributed by atoms with E-state index in [-0.39, 0.29) is 12.4 Å². The second kappa shape index (κ2) is 9.31. The summed E-state index contributed by atoms with van der Waals surface area (Å²) in [7, 11) is -1.51. The zero-order valence-corrected chi connectivity index (χ0v) is 20.7. The summed E-state index contributed by atoms with van der Waals surface area (Å²) < 4.78 is 17.4. The third kappa shape index (κ3) is 7.06. The van der Waals surface area contributed by atoms with E-state index in [4.69, 9.17) is 19.2 Å². The van der Waals surface area contributed by atoms with Crippen LogP contribution in [0.2, 0.25) is 19.6 Å². The van der Waals surface area contributed by atoms with Crippen LogP contribution in [0.15, 0.2) is 18.2 Å². The Morgan fingerprint density at radius 3 is 2.61 bits per heavy atom. The van der Waals surface area contributed by atoms with E-state index in [2.05, 4.69) is 36.4 Å². The third-order valence-electron chi connectivity index (χ3n) is 5.18. The summed E-state index contributed by atoms with van der Waals surface area (Å²) in [6.07, 6.45) is 3.80. The summed E-state index contributed by atoms with van der Waals surface area (Å²) in [5.74, 6) is 3.22. The summed E-state index contributed by atoms with van der Waals surface area (Å²) >= 11 is 0. The van der Waals surface area contributed by atoms with Gasteiger partial charge in [0.05, 0.1) is 17.3 Å². The van der Waals surface area contributed by atoms with Gasteiger partial charge in [-0.25, -0.2) is 9.78 Å². The highest BCUT2D eigenvalue weighted by Gasteiger charge is 2.50. The van der Waals surface area contributed by atoms with Gasteiger partial charge in [-0.05, 0) is 52.2 Å². The predicted octanol–water partition coefficient (Wildman–Crippen LogP) is 4.74. The highest BCUT2D eigenvalue weighted by atomic mass is 28.3.